The van der Waals surface area contributed by atoms with E-state index < -0.39 is 15.2 Å². The van der Waals surface area contributed by atoms with Crippen molar-refractivity contribution >= 4 is 21.6 Å². The van der Waals surface area contributed by atoms with Gasteiger partial charge in [-0.3, -0.25) is 4.84 Å². The Bertz CT molecular complexity index is 365. The fourth-order valence-electron chi connectivity index (χ4n) is 0.799. The number of nitrogens with one attached hydrogen (secondary N) is 1. The van der Waals surface area contributed by atoms with Gasteiger partial charge in [-0.05, 0) is 5.56 Å². The summed E-state index contributed by atoms with van der Waals surface area (Å²) in [5.41, 5.74) is 0.879. The summed E-state index contributed by atoms with van der Waals surface area (Å²) in [6.07, 6.45) is 0. The van der Waals surface area contributed by atoms with E-state index in [1.165, 1.54) is 0 Å². The molecule has 6 heteroatoms. The fourth-order valence-corrected chi connectivity index (χ4v) is 1.22. The van der Waals surface area contributed by atoms with Gasteiger partial charge in [0, 0.05) is 0 Å². The Morgan fingerprint density at radius 1 is 1.29 bits per heavy atom. The van der Waals surface area contributed by atoms with E-state index in [0.717, 1.165) is 5.56 Å². The summed E-state index contributed by atoms with van der Waals surface area (Å²) in [4.78, 5) is 6.65. The van der Waals surface area contributed by atoms with E-state index in [1.54, 1.807) is 0 Å². The highest BCUT2D eigenvalue weighted by Gasteiger charge is 2.06. The Morgan fingerprint density at radius 3 is 2.50 bits per heavy atom. The van der Waals surface area contributed by atoms with E-state index in [9.17, 15) is 8.42 Å². The number of hydrogen-bond acceptors (Lipinski definition) is 3. The maximum absolute atomic E-state index is 10.8. The number of alkyl halides is 1. The molecule has 0 radical (unpaired) electrons. The minimum Gasteiger partial charge on any atom is -0.282 e. The lowest BCUT2D eigenvalue weighted by atomic mass is 10.2. The Hall–Kier alpha value is -0.620. The number of hydrogen-bond donors (Lipinski definition) is 1. The van der Waals surface area contributed by atoms with Crippen LogP contribution in [0.3, 0.4) is 0 Å². The molecule has 0 bridgehead atoms. The van der Waals surface area contributed by atoms with Crippen LogP contribution in [-0.4, -0.2) is 13.6 Å². The largest absolute Gasteiger partial charge is 0.282 e. The minimum atomic E-state index is -3.50. The first-order chi connectivity index (χ1) is 6.64. The Labute approximate surface area is 87.8 Å². The third-order valence-corrected chi connectivity index (χ3v) is 2.93. The smallest absolute Gasteiger partial charge is 0.247 e. The van der Waals surface area contributed by atoms with E-state index >= 15 is 0 Å². The summed E-state index contributed by atoms with van der Waals surface area (Å²) in [7, 11) is -3.50. The Morgan fingerprint density at radius 2 is 1.93 bits per heavy atom. The third kappa shape index (κ3) is 4.06. The first kappa shape index (κ1) is 11.5. The van der Waals surface area contributed by atoms with Crippen molar-refractivity contribution in [3.05, 3.63) is 35.9 Å². The van der Waals surface area contributed by atoms with Crippen molar-refractivity contribution in [1.29, 1.82) is 0 Å². The molecule has 0 amide bonds. The van der Waals surface area contributed by atoms with Gasteiger partial charge in [-0.2, -0.15) is 0 Å². The van der Waals surface area contributed by atoms with Crippen LogP contribution >= 0.6 is 11.6 Å². The Balaban J connectivity index is 2.37. The molecule has 0 saturated carbocycles. The highest BCUT2D eigenvalue weighted by Crippen LogP contribution is 1.99. The van der Waals surface area contributed by atoms with Crippen LogP contribution in [0, 0.1) is 0 Å². The molecule has 0 heterocycles. The van der Waals surface area contributed by atoms with Gasteiger partial charge in [0.25, 0.3) is 0 Å². The van der Waals surface area contributed by atoms with E-state index in [0.29, 0.717) is 0 Å². The van der Waals surface area contributed by atoms with Gasteiger partial charge >= 0.3 is 0 Å². The van der Waals surface area contributed by atoms with Crippen molar-refractivity contribution in [2.75, 3.05) is 5.21 Å². The zero-order valence-corrected chi connectivity index (χ0v) is 8.88. The molecule has 78 valence electrons. The van der Waals surface area contributed by atoms with Gasteiger partial charge in [-0.15, -0.1) is 11.6 Å². The van der Waals surface area contributed by atoms with Gasteiger partial charge in [-0.1, -0.05) is 35.2 Å². The molecule has 0 aliphatic heterocycles. The van der Waals surface area contributed by atoms with Crippen molar-refractivity contribution in [3.63, 3.8) is 0 Å². The van der Waals surface area contributed by atoms with Gasteiger partial charge in [0.1, 0.15) is 5.21 Å². The van der Waals surface area contributed by atoms with Crippen molar-refractivity contribution in [2.45, 2.75) is 6.61 Å². The average molecular weight is 236 g/mol. The van der Waals surface area contributed by atoms with Gasteiger partial charge in [0.2, 0.25) is 10.0 Å². The second kappa shape index (κ2) is 5.31. The molecule has 0 saturated heterocycles. The second-order valence-electron chi connectivity index (χ2n) is 2.58. The van der Waals surface area contributed by atoms with Crippen molar-refractivity contribution in [3.8, 4) is 0 Å². The molecule has 0 fully saturated rings. The summed E-state index contributed by atoms with van der Waals surface area (Å²) < 4.78 is 21.6. The van der Waals surface area contributed by atoms with Crippen LogP contribution in [0.25, 0.3) is 0 Å². The molecule has 4 nitrogen and oxygen atoms in total. The zero-order chi connectivity index (χ0) is 10.4. The monoisotopic (exact) mass is 235 g/mol. The molecule has 1 N–H and O–H groups in total. The van der Waals surface area contributed by atoms with Crippen LogP contribution < -0.4 is 4.89 Å². The van der Waals surface area contributed by atoms with Crippen LogP contribution in [0.1, 0.15) is 5.56 Å². The van der Waals surface area contributed by atoms with Gasteiger partial charge in [0.15, 0.2) is 0 Å². The third-order valence-electron chi connectivity index (χ3n) is 1.41. The summed E-state index contributed by atoms with van der Waals surface area (Å²) in [5, 5.41) is -0.512. The maximum atomic E-state index is 10.8. The molecule has 0 aliphatic rings. The SMILES string of the molecule is O=S(=O)(CCl)NOCc1ccccc1. The molecule has 0 spiro atoms. The topological polar surface area (TPSA) is 55.4 Å². The molecule has 0 atom stereocenters. The van der Waals surface area contributed by atoms with Crippen molar-refractivity contribution < 1.29 is 13.3 Å². The molecule has 1 rings (SSSR count). The molecule has 0 aromatic heterocycles. The maximum Gasteiger partial charge on any atom is 0.247 e. The molecule has 14 heavy (non-hydrogen) atoms. The van der Waals surface area contributed by atoms with E-state index in [4.69, 9.17) is 16.4 Å². The molecule has 0 aliphatic carbocycles. The first-order valence-corrected chi connectivity index (χ1v) is 6.04. The predicted octanol–water partition coefficient (Wildman–Crippen LogP) is 1.23. The number of rotatable bonds is 5. The average Bonchev–Trinajstić information content (AvgIpc) is 2.19. The highest BCUT2D eigenvalue weighted by atomic mass is 35.5. The minimum absolute atomic E-state index is 0.178. The number of benzene rings is 1. The van der Waals surface area contributed by atoms with E-state index in [-0.39, 0.29) is 6.61 Å². The summed E-state index contributed by atoms with van der Waals surface area (Å²) in [6, 6.07) is 9.21. The standard InChI is InChI=1S/C8H10ClNO3S/c9-7-14(11,12)10-13-6-8-4-2-1-3-5-8/h1-5,10H,6-7H2. The summed E-state index contributed by atoms with van der Waals surface area (Å²) in [5.74, 6) is 0. The zero-order valence-electron chi connectivity index (χ0n) is 7.31. The molecule has 1 aromatic carbocycles. The fraction of sp³-hybridized carbons (Fsp3) is 0.250. The Kier molecular flexibility index (Phi) is 4.34. The number of sulfonamides is 1. The first-order valence-electron chi connectivity index (χ1n) is 3.85. The quantitative estimate of drug-likeness (QED) is 0.617. The van der Waals surface area contributed by atoms with Gasteiger partial charge in [-0.25, -0.2) is 8.42 Å². The summed E-state index contributed by atoms with van der Waals surface area (Å²) in [6.45, 7) is 0.178. The van der Waals surface area contributed by atoms with Crippen molar-refractivity contribution in [2.24, 2.45) is 0 Å². The van der Waals surface area contributed by atoms with Crippen LogP contribution in [-0.2, 0) is 21.5 Å². The van der Waals surface area contributed by atoms with Crippen LogP contribution in [0.2, 0.25) is 0 Å². The second-order valence-corrected chi connectivity index (χ2v) is 4.85. The lowest BCUT2D eigenvalue weighted by Gasteiger charge is -2.04. The lowest BCUT2D eigenvalue weighted by molar-refractivity contribution is 0.0799. The normalized spacial score (nSPS) is 11.5. The lowest BCUT2D eigenvalue weighted by Crippen LogP contribution is -2.24. The molecular formula is C8H10ClNO3S. The van der Waals surface area contributed by atoms with E-state index in [2.05, 4.69) is 0 Å². The summed E-state index contributed by atoms with van der Waals surface area (Å²) >= 11 is 5.14. The molecule has 0 unspecified atom stereocenters. The molecule has 1 aromatic rings. The molecular weight excluding hydrogens is 226 g/mol. The van der Waals surface area contributed by atoms with Crippen LogP contribution in [0.5, 0.6) is 0 Å². The van der Waals surface area contributed by atoms with Gasteiger partial charge in [0.05, 0.1) is 6.61 Å². The van der Waals surface area contributed by atoms with Gasteiger partial charge < -0.3 is 0 Å². The number of halogens is 1. The van der Waals surface area contributed by atoms with Crippen LogP contribution in [0.4, 0.5) is 0 Å². The predicted molar refractivity (Wildman–Crippen MR) is 54.0 cm³/mol. The van der Waals surface area contributed by atoms with Crippen molar-refractivity contribution in [1.82, 2.24) is 4.89 Å². The highest BCUT2D eigenvalue weighted by molar-refractivity contribution is 7.90. The van der Waals surface area contributed by atoms with Crippen LogP contribution in [0.15, 0.2) is 30.3 Å². The van der Waals surface area contributed by atoms with E-state index in [1.807, 2.05) is 35.2 Å².